The first-order valence-electron chi connectivity index (χ1n) is 11.4. The van der Waals surface area contributed by atoms with Crippen molar-refractivity contribution in [1.82, 2.24) is 0 Å². The molecule has 34 heavy (non-hydrogen) atoms. The Balaban J connectivity index is 1.84. The number of nitrogens with zero attached hydrogens (tertiary/aromatic N) is 1. The van der Waals surface area contributed by atoms with Crippen LogP contribution in [0.5, 0.6) is 0 Å². The van der Waals surface area contributed by atoms with E-state index in [1.807, 2.05) is 37.3 Å². The first-order chi connectivity index (χ1) is 16.5. The number of aliphatic hydroxyl groups excluding tert-OH is 1. The monoisotopic (exact) mass is 452 g/mol. The van der Waals surface area contributed by atoms with Crippen LogP contribution in [0.3, 0.4) is 0 Å². The van der Waals surface area contributed by atoms with Gasteiger partial charge in [-0.15, -0.1) is 0 Å². The van der Waals surface area contributed by atoms with E-state index in [2.05, 4.69) is 0 Å². The van der Waals surface area contributed by atoms with Crippen molar-refractivity contribution in [2.75, 3.05) is 4.90 Å². The molecule has 0 fully saturated rings. The summed E-state index contributed by atoms with van der Waals surface area (Å²) in [4.78, 5) is 15.1. The molecule has 2 aliphatic rings. The SMILES string of the molecule is Cc1ccc(N2C(=N)/C(=C(/O)c3ccccc3)C(c3ccccc3F)C3=C2CCCC3=O)cc1. The Morgan fingerprint density at radius 3 is 2.35 bits per heavy atom. The molecular weight excluding hydrogens is 427 g/mol. The van der Waals surface area contributed by atoms with Gasteiger partial charge in [0, 0.05) is 46.0 Å². The molecule has 4 nitrogen and oxygen atoms in total. The van der Waals surface area contributed by atoms with Gasteiger partial charge in [-0.3, -0.25) is 15.1 Å². The standard InChI is InChI=1S/C29H25FN2O2/c1-18-14-16-20(17-15-18)32-23-12-7-13-24(33)26(23)25(21-10-5-6-11-22(21)30)27(29(32)31)28(34)19-8-3-2-4-9-19/h2-6,8-11,14-17,25,31,34H,7,12-13H2,1H3/b28-27+,31-29?. The number of hydrogen-bond acceptors (Lipinski definition) is 3. The second kappa shape index (κ2) is 8.75. The van der Waals surface area contributed by atoms with Crippen LogP contribution in [0.2, 0.25) is 0 Å². The molecule has 2 N–H and O–H groups in total. The molecule has 0 amide bonds. The lowest BCUT2D eigenvalue weighted by Gasteiger charge is -2.41. The fraction of sp³-hybridized carbons (Fsp3) is 0.172. The van der Waals surface area contributed by atoms with Gasteiger partial charge in [0.1, 0.15) is 17.4 Å². The number of benzene rings is 3. The summed E-state index contributed by atoms with van der Waals surface area (Å²) in [6.45, 7) is 1.99. The number of aliphatic hydroxyl groups is 1. The van der Waals surface area contributed by atoms with Crippen LogP contribution in [0.25, 0.3) is 5.76 Å². The number of aryl methyl sites for hydroxylation is 1. The number of Topliss-reactive ketones (excluding diaryl/α,β-unsaturated/α-hetero) is 1. The number of amidine groups is 1. The number of ketones is 1. The average Bonchev–Trinajstić information content (AvgIpc) is 2.85. The molecule has 0 spiro atoms. The van der Waals surface area contributed by atoms with Gasteiger partial charge in [0.15, 0.2) is 5.78 Å². The quantitative estimate of drug-likeness (QED) is 0.435. The zero-order chi connectivity index (χ0) is 23.8. The summed E-state index contributed by atoms with van der Waals surface area (Å²) in [5, 5.41) is 20.7. The van der Waals surface area contributed by atoms with Gasteiger partial charge < -0.3 is 5.11 Å². The molecule has 3 aromatic rings. The molecule has 0 saturated carbocycles. The number of anilines is 1. The minimum absolute atomic E-state index is 0.0481. The number of carbonyl (C=O) groups is 1. The van der Waals surface area contributed by atoms with E-state index in [1.54, 1.807) is 47.4 Å². The van der Waals surface area contributed by atoms with Gasteiger partial charge in [-0.2, -0.15) is 0 Å². The number of halogens is 1. The maximum atomic E-state index is 15.2. The van der Waals surface area contributed by atoms with Crippen molar-refractivity contribution in [2.45, 2.75) is 32.1 Å². The van der Waals surface area contributed by atoms with Gasteiger partial charge in [-0.25, -0.2) is 4.39 Å². The Hall–Kier alpha value is -3.99. The summed E-state index contributed by atoms with van der Waals surface area (Å²) in [5.74, 6) is -1.48. The molecule has 3 aromatic carbocycles. The van der Waals surface area contributed by atoms with E-state index < -0.39 is 11.7 Å². The Kier molecular flexibility index (Phi) is 5.62. The van der Waals surface area contributed by atoms with Crippen LogP contribution < -0.4 is 4.90 Å². The highest BCUT2D eigenvalue weighted by Gasteiger charge is 2.44. The van der Waals surface area contributed by atoms with Gasteiger partial charge in [0.05, 0.1) is 0 Å². The average molecular weight is 453 g/mol. The Morgan fingerprint density at radius 2 is 1.65 bits per heavy atom. The van der Waals surface area contributed by atoms with Crippen LogP contribution in [0, 0.1) is 18.2 Å². The summed E-state index contributed by atoms with van der Waals surface area (Å²) in [6, 6.07) is 23.0. The van der Waals surface area contributed by atoms with Crippen molar-refractivity contribution < 1.29 is 14.3 Å². The number of carbonyl (C=O) groups excluding carboxylic acids is 1. The van der Waals surface area contributed by atoms with Gasteiger partial charge >= 0.3 is 0 Å². The Bertz CT molecular complexity index is 1340. The highest BCUT2D eigenvalue weighted by molar-refractivity contribution is 6.19. The normalized spacial score (nSPS) is 19.8. The van der Waals surface area contributed by atoms with E-state index in [4.69, 9.17) is 0 Å². The summed E-state index contributed by atoms with van der Waals surface area (Å²) in [5.41, 5.74) is 4.02. The summed E-state index contributed by atoms with van der Waals surface area (Å²) in [7, 11) is 0. The largest absolute Gasteiger partial charge is 0.507 e. The number of hydrogen-bond donors (Lipinski definition) is 2. The topological polar surface area (TPSA) is 64.4 Å². The van der Waals surface area contributed by atoms with Crippen LogP contribution in [-0.4, -0.2) is 16.7 Å². The highest BCUT2D eigenvalue weighted by Crippen LogP contribution is 2.48. The maximum Gasteiger partial charge on any atom is 0.161 e. The first kappa shape index (κ1) is 21.8. The third-order valence-corrected chi connectivity index (χ3v) is 6.57. The van der Waals surface area contributed by atoms with Crippen molar-refractivity contribution in [2.24, 2.45) is 0 Å². The predicted molar refractivity (Wildman–Crippen MR) is 132 cm³/mol. The van der Waals surface area contributed by atoms with Gasteiger partial charge in [0.2, 0.25) is 0 Å². The first-order valence-corrected chi connectivity index (χ1v) is 11.4. The summed E-state index contributed by atoms with van der Waals surface area (Å²) >= 11 is 0. The lowest BCUT2D eigenvalue weighted by molar-refractivity contribution is -0.116. The molecule has 0 saturated heterocycles. The summed E-state index contributed by atoms with van der Waals surface area (Å²) in [6.07, 6.45) is 1.63. The molecule has 170 valence electrons. The van der Waals surface area contributed by atoms with Crippen molar-refractivity contribution in [1.29, 1.82) is 5.41 Å². The highest BCUT2D eigenvalue weighted by atomic mass is 19.1. The molecule has 5 heteroatoms. The fourth-order valence-electron chi connectivity index (χ4n) is 4.94. The fourth-order valence-corrected chi connectivity index (χ4v) is 4.94. The van der Waals surface area contributed by atoms with E-state index in [0.29, 0.717) is 36.1 Å². The van der Waals surface area contributed by atoms with E-state index in [-0.39, 0.29) is 28.5 Å². The lowest BCUT2D eigenvalue weighted by Crippen LogP contribution is -2.42. The van der Waals surface area contributed by atoms with E-state index in [1.165, 1.54) is 6.07 Å². The van der Waals surface area contributed by atoms with Crippen LogP contribution in [-0.2, 0) is 4.79 Å². The van der Waals surface area contributed by atoms with E-state index >= 15 is 4.39 Å². The molecular formula is C29H25FN2O2. The molecule has 1 aliphatic heterocycles. The molecule has 1 unspecified atom stereocenters. The number of nitrogens with one attached hydrogen (secondary N) is 1. The minimum Gasteiger partial charge on any atom is -0.507 e. The third-order valence-electron chi connectivity index (χ3n) is 6.57. The van der Waals surface area contributed by atoms with Gasteiger partial charge in [0.25, 0.3) is 0 Å². The van der Waals surface area contributed by atoms with Gasteiger partial charge in [-0.05, 0) is 38.0 Å². The van der Waals surface area contributed by atoms with Crippen LogP contribution in [0.1, 0.15) is 41.9 Å². The zero-order valence-corrected chi connectivity index (χ0v) is 18.9. The molecule has 0 radical (unpaired) electrons. The Morgan fingerprint density at radius 1 is 0.971 bits per heavy atom. The van der Waals surface area contributed by atoms with Crippen molar-refractivity contribution >= 4 is 23.1 Å². The van der Waals surface area contributed by atoms with Crippen LogP contribution >= 0.6 is 0 Å². The molecule has 1 heterocycles. The molecule has 5 rings (SSSR count). The molecule has 0 bridgehead atoms. The molecule has 1 aliphatic carbocycles. The number of allylic oxidation sites excluding steroid dienone is 2. The molecule has 0 aromatic heterocycles. The molecule has 1 atom stereocenters. The lowest BCUT2D eigenvalue weighted by atomic mass is 9.73. The summed E-state index contributed by atoms with van der Waals surface area (Å²) < 4.78 is 15.2. The third kappa shape index (κ3) is 3.63. The predicted octanol–water partition coefficient (Wildman–Crippen LogP) is 6.69. The Labute approximate surface area is 198 Å². The maximum absolute atomic E-state index is 15.2. The second-order valence-corrected chi connectivity index (χ2v) is 8.74. The number of rotatable bonds is 3. The second-order valence-electron chi connectivity index (χ2n) is 8.74. The van der Waals surface area contributed by atoms with Crippen LogP contribution in [0.4, 0.5) is 10.1 Å². The van der Waals surface area contributed by atoms with Crippen molar-refractivity contribution in [3.05, 3.63) is 118 Å². The van der Waals surface area contributed by atoms with E-state index in [0.717, 1.165) is 11.3 Å². The van der Waals surface area contributed by atoms with E-state index in [9.17, 15) is 15.3 Å². The van der Waals surface area contributed by atoms with Crippen LogP contribution in [0.15, 0.2) is 95.7 Å². The smallest absolute Gasteiger partial charge is 0.161 e. The van der Waals surface area contributed by atoms with Gasteiger partial charge in [-0.1, -0.05) is 66.2 Å². The van der Waals surface area contributed by atoms with Crippen molar-refractivity contribution in [3.63, 3.8) is 0 Å². The van der Waals surface area contributed by atoms with Crippen molar-refractivity contribution in [3.8, 4) is 0 Å². The minimum atomic E-state index is -0.863. The zero-order valence-electron chi connectivity index (χ0n) is 18.9.